The van der Waals surface area contributed by atoms with Crippen molar-refractivity contribution in [3.8, 4) is 0 Å². The Balaban J connectivity index is 2.13. The second-order valence-corrected chi connectivity index (χ2v) is 5.58. The van der Waals surface area contributed by atoms with Gasteiger partial charge in [-0.1, -0.05) is 17.8 Å². The maximum Gasteiger partial charge on any atom is 0.304 e. The Kier molecular flexibility index (Phi) is 4.52. The smallest absolute Gasteiger partial charge is 0.258 e. The minimum absolute atomic E-state index is 0.455. The fourth-order valence-electron chi connectivity index (χ4n) is 1.74. The van der Waals surface area contributed by atoms with Crippen LogP contribution in [-0.4, -0.2) is 14.9 Å². The molecule has 0 radical (unpaired) electrons. The van der Waals surface area contributed by atoms with Crippen molar-refractivity contribution >= 4 is 17.4 Å². The second-order valence-electron chi connectivity index (χ2n) is 4.63. The van der Waals surface area contributed by atoms with E-state index in [-0.39, 0.29) is 0 Å². The molecule has 0 unspecified atom stereocenters. The number of rotatable bonds is 4. The maximum atomic E-state index is 13.5. The van der Waals surface area contributed by atoms with E-state index in [1.807, 2.05) is 20.8 Å². The van der Waals surface area contributed by atoms with E-state index in [0.29, 0.717) is 16.5 Å². The quantitative estimate of drug-likeness (QED) is 0.372. The first-order chi connectivity index (χ1) is 9.88. The van der Waals surface area contributed by atoms with Gasteiger partial charge < -0.3 is 0 Å². The Labute approximate surface area is 125 Å². The summed E-state index contributed by atoms with van der Waals surface area (Å²) in [6.07, 6.45) is 0. The first kappa shape index (κ1) is 15.4. The van der Waals surface area contributed by atoms with Crippen molar-refractivity contribution in [2.75, 3.05) is 0 Å². The van der Waals surface area contributed by atoms with E-state index < -0.39 is 16.4 Å². The molecule has 1 heterocycles. The molecule has 0 bridgehead atoms. The van der Waals surface area contributed by atoms with Crippen molar-refractivity contribution in [2.24, 2.45) is 0 Å². The number of aryl methyl sites for hydroxylation is 2. The van der Waals surface area contributed by atoms with Crippen LogP contribution in [0.3, 0.4) is 0 Å². The summed E-state index contributed by atoms with van der Waals surface area (Å²) < 4.78 is 13.5. The van der Waals surface area contributed by atoms with Gasteiger partial charge in [-0.25, -0.2) is 9.97 Å². The third-order valence-electron chi connectivity index (χ3n) is 3.19. The van der Waals surface area contributed by atoms with E-state index in [1.165, 1.54) is 23.9 Å². The zero-order valence-corrected chi connectivity index (χ0v) is 12.7. The molecule has 0 aliphatic heterocycles. The Hall–Kier alpha value is -2.02. The van der Waals surface area contributed by atoms with E-state index in [4.69, 9.17) is 0 Å². The highest BCUT2D eigenvalue weighted by Gasteiger charge is 2.14. The molecule has 2 aromatic rings. The van der Waals surface area contributed by atoms with Gasteiger partial charge in [0.2, 0.25) is 5.82 Å². The first-order valence-electron chi connectivity index (χ1n) is 6.26. The van der Waals surface area contributed by atoms with Crippen LogP contribution in [0.25, 0.3) is 0 Å². The third kappa shape index (κ3) is 3.55. The molecule has 0 aliphatic carbocycles. The molecule has 21 heavy (non-hydrogen) atoms. The monoisotopic (exact) mass is 307 g/mol. The van der Waals surface area contributed by atoms with Gasteiger partial charge in [0.05, 0.1) is 4.92 Å². The Morgan fingerprint density at radius 3 is 2.38 bits per heavy atom. The lowest BCUT2D eigenvalue weighted by Crippen LogP contribution is -1.98. The zero-order chi connectivity index (χ0) is 15.6. The molecule has 0 saturated carbocycles. The number of benzene rings is 1. The molecule has 0 fully saturated rings. The Bertz CT molecular complexity index is 684. The lowest BCUT2D eigenvalue weighted by Gasteiger charge is -2.07. The average molecular weight is 307 g/mol. The van der Waals surface area contributed by atoms with Crippen LogP contribution in [0.15, 0.2) is 23.4 Å². The number of hydrogen-bond donors (Lipinski definition) is 0. The normalized spacial score (nSPS) is 10.7. The molecule has 0 atom stereocenters. The van der Waals surface area contributed by atoms with E-state index in [2.05, 4.69) is 9.97 Å². The van der Waals surface area contributed by atoms with Crippen molar-refractivity contribution in [1.29, 1.82) is 0 Å². The topological polar surface area (TPSA) is 68.9 Å². The SMILES string of the molecule is Cc1nc(SCc2ccc([N+](=O)[O-])c(F)c2)nc(C)c1C. The average Bonchev–Trinajstić information content (AvgIpc) is 2.42. The summed E-state index contributed by atoms with van der Waals surface area (Å²) in [5.74, 6) is -0.369. The molecule has 0 amide bonds. The Morgan fingerprint density at radius 1 is 1.24 bits per heavy atom. The van der Waals surface area contributed by atoms with Crippen molar-refractivity contribution in [1.82, 2.24) is 9.97 Å². The minimum Gasteiger partial charge on any atom is -0.258 e. The molecular weight excluding hydrogens is 293 g/mol. The lowest BCUT2D eigenvalue weighted by molar-refractivity contribution is -0.387. The van der Waals surface area contributed by atoms with Gasteiger partial charge in [0.25, 0.3) is 0 Å². The molecule has 7 heteroatoms. The highest BCUT2D eigenvalue weighted by Crippen LogP contribution is 2.24. The molecule has 1 aromatic heterocycles. The summed E-state index contributed by atoms with van der Waals surface area (Å²) in [4.78, 5) is 18.6. The van der Waals surface area contributed by atoms with Crippen molar-refractivity contribution in [2.45, 2.75) is 31.7 Å². The standard InChI is InChI=1S/C14H14FN3O2S/c1-8-9(2)16-14(17-10(8)3)21-7-11-4-5-13(18(19)20)12(15)6-11/h4-6H,7H2,1-3H3. The second kappa shape index (κ2) is 6.17. The van der Waals surface area contributed by atoms with E-state index in [9.17, 15) is 14.5 Å². The molecule has 1 aromatic carbocycles. The van der Waals surface area contributed by atoms with E-state index in [1.54, 1.807) is 6.07 Å². The summed E-state index contributed by atoms with van der Waals surface area (Å²) >= 11 is 1.37. The number of nitro benzene ring substituents is 1. The predicted molar refractivity (Wildman–Crippen MR) is 78.9 cm³/mol. The molecule has 0 saturated heterocycles. The van der Waals surface area contributed by atoms with Gasteiger partial charge >= 0.3 is 5.69 Å². The lowest BCUT2D eigenvalue weighted by atomic mass is 10.2. The number of halogens is 1. The number of hydrogen-bond acceptors (Lipinski definition) is 5. The van der Waals surface area contributed by atoms with Crippen LogP contribution < -0.4 is 0 Å². The molecule has 0 aliphatic rings. The Morgan fingerprint density at radius 2 is 1.86 bits per heavy atom. The molecule has 5 nitrogen and oxygen atoms in total. The summed E-state index contributed by atoms with van der Waals surface area (Å²) in [6.45, 7) is 5.80. The highest BCUT2D eigenvalue weighted by molar-refractivity contribution is 7.98. The molecule has 110 valence electrons. The minimum atomic E-state index is -0.824. The molecule has 2 rings (SSSR count). The van der Waals surface area contributed by atoms with E-state index >= 15 is 0 Å². The van der Waals surface area contributed by atoms with Gasteiger partial charge in [0.15, 0.2) is 5.16 Å². The van der Waals surface area contributed by atoms with Crippen LogP contribution in [0.2, 0.25) is 0 Å². The zero-order valence-electron chi connectivity index (χ0n) is 11.9. The van der Waals surface area contributed by atoms with Crippen LogP contribution in [-0.2, 0) is 5.75 Å². The van der Waals surface area contributed by atoms with Gasteiger partial charge in [-0.05, 0) is 38.0 Å². The van der Waals surface area contributed by atoms with Crippen molar-refractivity contribution in [3.63, 3.8) is 0 Å². The van der Waals surface area contributed by atoms with Gasteiger partial charge in [-0.2, -0.15) is 4.39 Å². The maximum absolute atomic E-state index is 13.5. The number of thioether (sulfide) groups is 1. The highest BCUT2D eigenvalue weighted by atomic mass is 32.2. The van der Waals surface area contributed by atoms with E-state index in [0.717, 1.165) is 17.0 Å². The largest absolute Gasteiger partial charge is 0.304 e. The van der Waals surface area contributed by atoms with Gasteiger partial charge in [-0.15, -0.1) is 0 Å². The molecule has 0 N–H and O–H groups in total. The van der Waals surface area contributed by atoms with Crippen LogP contribution in [0.1, 0.15) is 22.5 Å². The predicted octanol–water partition coefficient (Wildman–Crippen LogP) is 3.74. The van der Waals surface area contributed by atoms with Crippen molar-refractivity contribution < 1.29 is 9.31 Å². The van der Waals surface area contributed by atoms with Crippen molar-refractivity contribution in [3.05, 3.63) is 56.6 Å². The molecule has 0 spiro atoms. The van der Waals surface area contributed by atoms with Crippen LogP contribution in [0.5, 0.6) is 0 Å². The van der Waals surface area contributed by atoms with Crippen LogP contribution >= 0.6 is 11.8 Å². The fourth-order valence-corrected chi connectivity index (χ4v) is 2.62. The number of nitro groups is 1. The third-order valence-corrected chi connectivity index (χ3v) is 4.11. The number of aromatic nitrogens is 2. The van der Waals surface area contributed by atoms with Crippen LogP contribution in [0.4, 0.5) is 10.1 Å². The summed E-state index contributed by atoms with van der Waals surface area (Å²) in [5, 5.41) is 11.2. The summed E-state index contributed by atoms with van der Waals surface area (Å²) in [5.41, 5.74) is 3.03. The number of nitrogens with zero attached hydrogens (tertiary/aromatic N) is 3. The molecular formula is C14H14FN3O2S. The van der Waals surface area contributed by atoms with Gasteiger partial charge in [0, 0.05) is 23.2 Å². The summed E-state index contributed by atoms with van der Waals surface area (Å²) in [7, 11) is 0. The van der Waals surface area contributed by atoms with Gasteiger partial charge in [0.1, 0.15) is 0 Å². The summed E-state index contributed by atoms with van der Waals surface area (Å²) in [6, 6.07) is 3.90. The van der Waals surface area contributed by atoms with Gasteiger partial charge in [-0.3, -0.25) is 10.1 Å². The first-order valence-corrected chi connectivity index (χ1v) is 7.24. The van der Waals surface area contributed by atoms with Crippen LogP contribution in [0, 0.1) is 36.7 Å². The fraction of sp³-hybridized carbons (Fsp3) is 0.286.